The molecule has 0 bridgehead atoms. The largest absolute Gasteiger partial charge is 0.310 e. The molecule has 0 saturated carbocycles. The Kier molecular flexibility index (Phi) is 7.57. The van der Waals surface area contributed by atoms with Crippen molar-refractivity contribution in [3.63, 3.8) is 0 Å². The number of hydrogen-bond donors (Lipinski definition) is 0. The van der Waals surface area contributed by atoms with E-state index >= 15 is 0 Å². The van der Waals surface area contributed by atoms with Crippen LogP contribution in [-0.2, 0) is 0 Å². The Morgan fingerprint density at radius 2 is 0.760 bits per heavy atom. The Balaban J connectivity index is 1.27. The van der Waals surface area contributed by atoms with Gasteiger partial charge < -0.3 is 4.90 Å². The fourth-order valence-electron chi connectivity index (χ4n) is 7.84. The molecule has 0 N–H and O–H groups in total. The van der Waals surface area contributed by atoms with Gasteiger partial charge in [0, 0.05) is 16.8 Å². The Bertz CT molecular complexity index is 2430. The monoisotopic (exact) mass is 653 g/mol. The molecule has 0 aliphatic carbocycles. The zero-order valence-corrected chi connectivity index (χ0v) is 28.7. The molecule has 0 spiro atoms. The van der Waals surface area contributed by atoms with Gasteiger partial charge in [0.05, 0.1) is 5.69 Å². The van der Waals surface area contributed by atoms with E-state index in [0.29, 0.717) is 0 Å². The standard InChI is InChI=1S/C48H35NSi/c1-6-16-39(17-7-1)49(40-18-8-2-9-19-40)46-33-30-38-28-31-44-36(26-27-37-29-32-45(46)48(38)47(37)44)34-35-50(41-20-10-3-11-21-41,42-22-12-4-13-23-42)43-24-14-5-15-25-43/h1-35H. The van der Waals surface area contributed by atoms with E-state index < -0.39 is 8.07 Å². The van der Waals surface area contributed by atoms with Crippen molar-refractivity contribution in [3.8, 4) is 0 Å². The lowest BCUT2D eigenvalue weighted by Gasteiger charge is -2.31. The van der Waals surface area contributed by atoms with E-state index in [1.165, 1.54) is 59.1 Å². The lowest BCUT2D eigenvalue weighted by molar-refractivity contribution is 1.30. The van der Waals surface area contributed by atoms with Crippen LogP contribution in [0.4, 0.5) is 17.1 Å². The number of rotatable bonds is 8. The van der Waals surface area contributed by atoms with Gasteiger partial charge in [0.1, 0.15) is 0 Å². The van der Waals surface area contributed by atoms with Gasteiger partial charge >= 0.3 is 0 Å². The van der Waals surface area contributed by atoms with Gasteiger partial charge in [-0.05, 0) is 78.4 Å². The summed E-state index contributed by atoms with van der Waals surface area (Å²) in [4.78, 5) is 2.38. The normalized spacial score (nSPS) is 11.9. The van der Waals surface area contributed by atoms with E-state index in [4.69, 9.17) is 0 Å². The number of benzene rings is 9. The van der Waals surface area contributed by atoms with Gasteiger partial charge in [-0.2, -0.15) is 0 Å². The van der Waals surface area contributed by atoms with E-state index in [-0.39, 0.29) is 0 Å². The first-order chi connectivity index (χ1) is 24.8. The van der Waals surface area contributed by atoms with Crippen LogP contribution in [0.1, 0.15) is 5.56 Å². The van der Waals surface area contributed by atoms with E-state index in [2.05, 4.69) is 217 Å². The van der Waals surface area contributed by atoms with Crippen LogP contribution in [0.3, 0.4) is 0 Å². The summed E-state index contributed by atoms with van der Waals surface area (Å²) in [6.45, 7) is 0. The molecule has 0 aliphatic rings. The molecule has 2 heteroatoms. The van der Waals surface area contributed by atoms with Crippen LogP contribution in [0, 0.1) is 0 Å². The molecular formula is C48H35NSi. The molecule has 0 aliphatic heterocycles. The molecule has 0 unspecified atom stereocenters. The molecule has 0 atom stereocenters. The van der Waals surface area contributed by atoms with Crippen LogP contribution in [0.5, 0.6) is 0 Å². The van der Waals surface area contributed by atoms with Gasteiger partial charge in [-0.15, -0.1) is 0 Å². The minimum Gasteiger partial charge on any atom is -0.310 e. The van der Waals surface area contributed by atoms with Crippen LogP contribution < -0.4 is 20.5 Å². The fourth-order valence-corrected chi connectivity index (χ4v) is 12.0. The zero-order chi connectivity index (χ0) is 33.3. The minimum absolute atomic E-state index is 1.14. The summed E-state index contributed by atoms with van der Waals surface area (Å²) in [6, 6.07) is 73.1. The van der Waals surface area contributed by atoms with Gasteiger partial charge in [-0.3, -0.25) is 0 Å². The summed E-state index contributed by atoms with van der Waals surface area (Å²) >= 11 is 0. The third-order valence-electron chi connectivity index (χ3n) is 10.1. The van der Waals surface area contributed by atoms with E-state index in [9.17, 15) is 0 Å². The first-order valence-corrected chi connectivity index (χ1v) is 19.4. The Hall–Kier alpha value is -6.22. The van der Waals surface area contributed by atoms with Gasteiger partial charge in [-0.1, -0.05) is 182 Å². The van der Waals surface area contributed by atoms with Gasteiger partial charge in [0.15, 0.2) is 8.07 Å². The Morgan fingerprint density at radius 1 is 0.360 bits per heavy atom. The van der Waals surface area contributed by atoms with Crippen molar-refractivity contribution in [2.75, 3.05) is 4.90 Å². The number of nitrogens with zero attached hydrogens (tertiary/aromatic N) is 1. The predicted molar refractivity (Wildman–Crippen MR) is 218 cm³/mol. The Labute approximate surface area is 294 Å². The maximum Gasteiger partial charge on any atom is 0.172 e. The SMILES string of the molecule is C(=C[Si](c1ccccc1)(c1ccccc1)c1ccccc1)c1ccc2ccc3c(N(c4ccccc4)c4ccccc4)ccc4ccc1c2c43. The van der Waals surface area contributed by atoms with Gasteiger partial charge in [0.2, 0.25) is 0 Å². The molecule has 0 radical (unpaired) electrons. The molecule has 0 fully saturated rings. The molecule has 0 amide bonds. The number of para-hydroxylation sites is 2. The average molecular weight is 654 g/mol. The van der Waals surface area contributed by atoms with Crippen molar-refractivity contribution in [2.24, 2.45) is 0 Å². The summed E-state index contributed by atoms with van der Waals surface area (Å²) in [5, 5.41) is 11.8. The predicted octanol–water partition coefficient (Wildman–Crippen LogP) is 10.8. The highest BCUT2D eigenvalue weighted by Crippen LogP contribution is 2.44. The van der Waals surface area contributed by atoms with Crippen LogP contribution >= 0.6 is 0 Å². The lowest BCUT2D eigenvalue weighted by Crippen LogP contribution is -2.66. The molecule has 9 aromatic carbocycles. The summed E-state index contributed by atoms with van der Waals surface area (Å²) in [7, 11) is -2.56. The second kappa shape index (κ2) is 12.7. The highest BCUT2D eigenvalue weighted by molar-refractivity contribution is 7.15. The first-order valence-electron chi connectivity index (χ1n) is 17.3. The minimum atomic E-state index is -2.56. The third-order valence-corrected chi connectivity index (χ3v) is 14.5. The quantitative estimate of drug-likeness (QED) is 0.0896. The van der Waals surface area contributed by atoms with Crippen molar-refractivity contribution < 1.29 is 0 Å². The maximum atomic E-state index is 2.55. The molecule has 50 heavy (non-hydrogen) atoms. The van der Waals surface area contributed by atoms with Crippen molar-refractivity contribution in [1.82, 2.24) is 0 Å². The summed E-state index contributed by atoms with van der Waals surface area (Å²) in [5.74, 6) is 0. The van der Waals surface area contributed by atoms with Gasteiger partial charge in [-0.25, -0.2) is 0 Å². The molecule has 236 valence electrons. The molecular weight excluding hydrogens is 619 g/mol. The summed E-state index contributed by atoms with van der Waals surface area (Å²) in [5.41, 5.74) is 7.24. The zero-order valence-electron chi connectivity index (χ0n) is 27.7. The molecule has 9 aromatic rings. The van der Waals surface area contributed by atoms with Crippen LogP contribution in [0.2, 0.25) is 0 Å². The van der Waals surface area contributed by atoms with Crippen molar-refractivity contribution in [2.45, 2.75) is 0 Å². The molecule has 0 aromatic heterocycles. The first kappa shape index (κ1) is 29.9. The highest BCUT2D eigenvalue weighted by Gasteiger charge is 2.36. The molecule has 1 nitrogen and oxygen atoms in total. The molecule has 9 rings (SSSR count). The lowest BCUT2D eigenvalue weighted by atomic mass is 9.91. The Morgan fingerprint density at radius 3 is 1.26 bits per heavy atom. The second-order valence-electron chi connectivity index (χ2n) is 12.9. The van der Waals surface area contributed by atoms with Crippen LogP contribution in [0.25, 0.3) is 38.4 Å². The third kappa shape index (κ3) is 5.01. The topological polar surface area (TPSA) is 3.24 Å². The van der Waals surface area contributed by atoms with Crippen molar-refractivity contribution in [3.05, 3.63) is 211 Å². The van der Waals surface area contributed by atoms with Crippen molar-refractivity contribution in [1.29, 1.82) is 0 Å². The summed E-state index contributed by atoms with van der Waals surface area (Å²) in [6.07, 6.45) is 2.41. The molecule has 0 saturated heterocycles. The number of hydrogen-bond acceptors (Lipinski definition) is 1. The van der Waals surface area contributed by atoms with E-state index in [0.717, 1.165) is 11.4 Å². The average Bonchev–Trinajstić information content (AvgIpc) is 3.20. The number of anilines is 3. The van der Waals surface area contributed by atoms with E-state index in [1.54, 1.807) is 0 Å². The fraction of sp³-hybridized carbons (Fsp3) is 0. The van der Waals surface area contributed by atoms with Crippen molar-refractivity contribution >= 4 is 79.1 Å². The smallest absolute Gasteiger partial charge is 0.172 e. The van der Waals surface area contributed by atoms with Crippen LogP contribution in [0.15, 0.2) is 206 Å². The second-order valence-corrected chi connectivity index (χ2v) is 16.6. The molecule has 0 heterocycles. The highest BCUT2D eigenvalue weighted by atomic mass is 28.3. The maximum absolute atomic E-state index is 2.56. The van der Waals surface area contributed by atoms with Gasteiger partial charge in [0.25, 0.3) is 0 Å². The van der Waals surface area contributed by atoms with Crippen LogP contribution in [-0.4, -0.2) is 8.07 Å². The summed E-state index contributed by atoms with van der Waals surface area (Å²) < 4.78 is 0. The van der Waals surface area contributed by atoms with E-state index in [1.807, 2.05) is 0 Å².